The third kappa shape index (κ3) is 2.36. The lowest BCUT2D eigenvalue weighted by atomic mass is 10.0. The molecule has 0 saturated carbocycles. The van der Waals surface area contributed by atoms with Gasteiger partial charge in [0.2, 0.25) is 0 Å². The predicted octanol–water partition coefficient (Wildman–Crippen LogP) is 2.38. The molecule has 21 heavy (non-hydrogen) atoms. The molecule has 0 amide bonds. The second-order valence-corrected chi connectivity index (χ2v) is 4.64. The van der Waals surface area contributed by atoms with Crippen LogP contribution in [0.15, 0.2) is 36.4 Å². The maximum atomic E-state index is 5.99. The highest BCUT2D eigenvalue weighted by Gasteiger charge is 2.14. The van der Waals surface area contributed by atoms with E-state index in [2.05, 4.69) is 10.2 Å². The highest BCUT2D eigenvalue weighted by atomic mass is 16.7. The molecule has 0 aliphatic carbocycles. The van der Waals surface area contributed by atoms with E-state index in [1.807, 2.05) is 36.4 Å². The fraction of sp³-hybridized carbons (Fsp3) is 0.133. The number of fused-ring (bicyclic) bond motifs is 1. The molecule has 0 atom stereocenters. The van der Waals surface area contributed by atoms with E-state index in [0.717, 1.165) is 27.7 Å². The van der Waals surface area contributed by atoms with Gasteiger partial charge in [-0.2, -0.15) is 5.10 Å². The molecule has 1 aromatic heterocycles. The third-order valence-electron chi connectivity index (χ3n) is 3.27. The van der Waals surface area contributed by atoms with Crippen molar-refractivity contribution in [2.45, 2.75) is 0 Å². The number of aromatic amines is 1. The Morgan fingerprint density at radius 2 is 1.86 bits per heavy atom. The maximum absolute atomic E-state index is 5.99. The first-order valence-corrected chi connectivity index (χ1v) is 6.45. The summed E-state index contributed by atoms with van der Waals surface area (Å²) < 4.78 is 10.5. The van der Waals surface area contributed by atoms with Crippen molar-refractivity contribution in [3.8, 4) is 16.9 Å². The number of nitrogen functional groups attached to an aromatic ring is 2. The first-order chi connectivity index (χ1) is 10.2. The van der Waals surface area contributed by atoms with Gasteiger partial charge in [-0.05, 0) is 35.4 Å². The van der Waals surface area contributed by atoms with Gasteiger partial charge in [-0.3, -0.25) is 5.10 Å². The Kier molecular flexibility index (Phi) is 3.37. The van der Waals surface area contributed by atoms with E-state index >= 15 is 0 Å². The molecule has 6 nitrogen and oxygen atoms in total. The summed E-state index contributed by atoms with van der Waals surface area (Å²) in [6.07, 6.45) is 0. The zero-order valence-electron chi connectivity index (χ0n) is 11.6. The van der Waals surface area contributed by atoms with Crippen molar-refractivity contribution in [1.29, 1.82) is 0 Å². The van der Waals surface area contributed by atoms with Gasteiger partial charge in [0, 0.05) is 12.8 Å². The zero-order valence-corrected chi connectivity index (χ0v) is 11.6. The van der Waals surface area contributed by atoms with E-state index in [1.165, 1.54) is 0 Å². The van der Waals surface area contributed by atoms with Crippen LogP contribution in [0.5, 0.6) is 5.75 Å². The summed E-state index contributed by atoms with van der Waals surface area (Å²) in [7, 11) is 1.57. The standard InChI is InChI=1S/C15H16N4O2/c1-20-8-21-12-7-6-11(9-2-4-10(16)5-3-9)13-14(12)18-19-15(13)17/h2-7H,8,16H2,1H3,(H3,17,18,19). The Morgan fingerprint density at radius 3 is 2.57 bits per heavy atom. The largest absolute Gasteiger partial charge is 0.465 e. The van der Waals surface area contributed by atoms with Gasteiger partial charge in [0.05, 0.1) is 5.39 Å². The molecule has 2 aromatic carbocycles. The molecular weight excluding hydrogens is 268 g/mol. The number of methoxy groups -OCH3 is 1. The van der Waals surface area contributed by atoms with Gasteiger partial charge in [0.25, 0.3) is 0 Å². The topological polar surface area (TPSA) is 99.2 Å². The van der Waals surface area contributed by atoms with Crippen LogP contribution in [0.3, 0.4) is 0 Å². The molecule has 3 rings (SSSR count). The van der Waals surface area contributed by atoms with E-state index in [9.17, 15) is 0 Å². The predicted molar refractivity (Wildman–Crippen MR) is 82.9 cm³/mol. The second kappa shape index (κ2) is 5.34. The lowest BCUT2D eigenvalue weighted by Crippen LogP contribution is -1.99. The smallest absolute Gasteiger partial charge is 0.188 e. The van der Waals surface area contributed by atoms with Gasteiger partial charge >= 0.3 is 0 Å². The lowest BCUT2D eigenvalue weighted by Gasteiger charge is -2.09. The van der Waals surface area contributed by atoms with Crippen LogP contribution >= 0.6 is 0 Å². The van der Waals surface area contributed by atoms with Crippen LogP contribution in [0.4, 0.5) is 11.5 Å². The molecule has 1 heterocycles. The molecule has 108 valence electrons. The molecule has 5 N–H and O–H groups in total. The van der Waals surface area contributed by atoms with Gasteiger partial charge in [-0.1, -0.05) is 12.1 Å². The second-order valence-electron chi connectivity index (χ2n) is 4.64. The molecule has 0 fully saturated rings. The minimum atomic E-state index is 0.162. The summed E-state index contributed by atoms with van der Waals surface area (Å²) in [6, 6.07) is 11.4. The molecule has 0 unspecified atom stereocenters. The number of hydrogen-bond donors (Lipinski definition) is 3. The molecule has 0 aliphatic rings. The summed E-state index contributed by atoms with van der Waals surface area (Å²) in [5.74, 6) is 1.08. The summed E-state index contributed by atoms with van der Waals surface area (Å²) >= 11 is 0. The Labute approximate surface area is 121 Å². The Balaban J connectivity index is 2.16. The highest BCUT2D eigenvalue weighted by Crippen LogP contribution is 2.36. The maximum Gasteiger partial charge on any atom is 0.188 e. The van der Waals surface area contributed by atoms with Crippen LogP contribution in [-0.2, 0) is 4.74 Å². The van der Waals surface area contributed by atoms with Crippen molar-refractivity contribution in [2.75, 3.05) is 25.4 Å². The fourth-order valence-corrected chi connectivity index (χ4v) is 2.28. The Bertz CT molecular complexity index is 765. The van der Waals surface area contributed by atoms with E-state index in [-0.39, 0.29) is 6.79 Å². The first kappa shape index (κ1) is 13.3. The van der Waals surface area contributed by atoms with Crippen molar-refractivity contribution >= 4 is 22.4 Å². The lowest BCUT2D eigenvalue weighted by molar-refractivity contribution is 0.0521. The van der Waals surface area contributed by atoms with Crippen LogP contribution in [0, 0.1) is 0 Å². The number of hydrogen-bond acceptors (Lipinski definition) is 5. The third-order valence-corrected chi connectivity index (χ3v) is 3.27. The molecule has 0 spiro atoms. The monoisotopic (exact) mass is 284 g/mol. The number of rotatable bonds is 4. The van der Waals surface area contributed by atoms with Crippen molar-refractivity contribution < 1.29 is 9.47 Å². The molecular formula is C15H16N4O2. The van der Waals surface area contributed by atoms with Crippen molar-refractivity contribution in [2.24, 2.45) is 0 Å². The van der Waals surface area contributed by atoms with Crippen molar-refractivity contribution in [3.05, 3.63) is 36.4 Å². The number of aromatic nitrogens is 2. The van der Waals surface area contributed by atoms with Crippen molar-refractivity contribution in [1.82, 2.24) is 10.2 Å². The van der Waals surface area contributed by atoms with Gasteiger partial charge in [-0.15, -0.1) is 0 Å². The minimum absolute atomic E-state index is 0.162. The molecule has 0 bridgehead atoms. The van der Waals surface area contributed by atoms with Crippen LogP contribution in [0.2, 0.25) is 0 Å². The minimum Gasteiger partial charge on any atom is -0.465 e. The fourth-order valence-electron chi connectivity index (χ4n) is 2.28. The molecule has 0 aliphatic heterocycles. The summed E-state index contributed by atoms with van der Waals surface area (Å²) in [5.41, 5.74) is 15.2. The Hall–Kier alpha value is -2.73. The highest BCUT2D eigenvalue weighted by molar-refractivity contribution is 6.04. The van der Waals surface area contributed by atoms with E-state index in [0.29, 0.717) is 11.6 Å². The van der Waals surface area contributed by atoms with E-state index in [1.54, 1.807) is 7.11 Å². The molecule has 0 radical (unpaired) electrons. The number of benzene rings is 2. The Morgan fingerprint density at radius 1 is 1.10 bits per heavy atom. The number of anilines is 2. The number of nitrogens with two attached hydrogens (primary N) is 2. The molecule has 3 aromatic rings. The van der Waals surface area contributed by atoms with Gasteiger partial charge in [0.1, 0.15) is 11.3 Å². The van der Waals surface area contributed by atoms with Gasteiger partial charge < -0.3 is 20.9 Å². The van der Waals surface area contributed by atoms with Crippen molar-refractivity contribution in [3.63, 3.8) is 0 Å². The van der Waals surface area contributed by atoms with Crippen LogP contribution in [-0.4, -0.2) is 24.1 Å². The summed E-state index contributed by atoms with van der Waals surface area (Å²) in [6.45, 7) is 0.162. The number of nitrogens with one attached hydrogen (secondary N) is 1. The quantitative estimate of drug-likeness (QED) is 0.504. The van der Waals surface area contributed by atoms with E-state index in [4.69, 9.17) is 20.9 Å². The van der Waals surface area contributed by atoms with Crippen LogP contribution in [0.1, 0.15) is 0 Å². The average molecular weight is 284 g/mol. The SMILES string of the molecule is COCOc1ccc(-c2ccc(N)cc2)c2c(N)n[nH]c12. The van der Waals surface area contributed by atoms with Gasteiger partial charge in [-0.25, -0.2) is 0 Å². The van der Waals surface area contributed by atoms with Crippen LogP contribution < -0.4 is 16.2 Å². The van der Waals surface area contributed by atoms with Gasteiger partial charge in [0.15, 0.2) is 12.6 Å². The number of H-pyrrole nitrogens is 1. The molecule has 6 heteroatoms. The van der Waals surface area contributed by atoms with E-state index < -0.39 is 0 Å². The average Bonchev–Trinajstić information content (AvgIpc) is 2.89. The number of ether oxygens (including phenoxy) is 2. The number of nitrogens with zero attached hydrogens (tertiary/aromatic N) is 1. The zero-order chi connectivity index (χ0) is 14.8. The normalized spacial score (nSPS) is 10.9. The first-order valence-electron chi connectivity index (χ1n) is 6.45. The molecule has 0 saturated heterocycles. The summed E-state index contributed by atoms with van der Waals surface area (Å²) in [5, 5.41) is 7.81. The summed E-state index contributed by atoms with van der Waals surface area (Å²) in [4.78, 5) is 0. The van der Waals surface area contributed by atoms with Crippen LogP contribution in [0.25, 0.3) is 22.0 Å².